The van der Waals surface area contributed by atoms with E-state index in [2.05, 4.69) is 31.3 Å². The lowest BCUT2D eigenvalue weighted by molar-refractivity contribution is -0.131. The van der Waals surface area contributed by atoms with Crippen LogP contribution in [0.3, 0.4) is 0 Å². The van der Waals surface area contributed by atoms with E-state index in [0.717, 1.165) is 38.5 Å². The number of rotatable bonds is 39. The highest BCUT2D eigenvalue weighted by Gasteiger charge is 2.22. The van der Waals surface area contributed by atoms with E-state index in [9.17, 15) is 20.1 Å². The van der Waals surface area contributed by atoms with Crippen molar-refractivity contribution < 1.29 is 20.1 Å². The first-order valence-corrected chi connectivity index (χ1v) is 21.7. The van der Waals surface area contributed by atoms with E-state index in [4.69, 9.17) is 0 Å². The molecule has 49 heavy (non-hydrogen) atoms. The first-order valence-electron chi connectivity index (χ1n) is 21.7. The molecule has 0 spiro atoms. The van der Waals surface area contributed by atoms with Gasteiger partial charge in [-0.3, -0.25) is 4.79 Å². The fourth-order valence-corrected chi connectivity index (χ4v) is 6.59. The SMILES string of the molecule is CCCCCCCC/C=C\CCCCC(O)C(=O)NC(CO)C(O)/C=C/CCCCCCCCCCCCCCCCCCCCCCC. The van der Waals surface area contributed by atoms with Crippen molar-refractivity contribution in [1.82, 2.24) is 5.32 Å². The summed E-state index contributed by atoms with van der Waals surface area (Å²) in [4.78, 5) is 12.4. The second kappa shape index (κ2) is 39.6. The van der Waals surface area contributed by atoms with Gasteiger partial charge >= 0.3 is 0 Å². The molecule has 0 aromatic carbocycles. The third-order valence-electron chi connectivity index (χ3n) is 10.0. The standard InChI is InChI=1S/C44H85NO4/c1-3-5-7-9-11-13-15-17-18-19-20-21-22-23-24-25-26-27-29-30-32-34-36-38-42(47)41(40-46)45-44(49)43(48)39-37-35-33-31-28-16-14-12-10-8-6-4-2/h28,31,36,38,41-43,46-48H,3-27,29-30,32-35,37,39-40H2,1-2H3,(H,45,49)/b31-28-,38-36+. The summed E-state index contributed by atoms with van der Waals surface area (Å²) in [7, 11) is 0. The van der Waals surface area contributed by atoms with Crippen LogP contribution in [0.2, 0.25) is 0 Å². The Bertz CT molecular complexity index is 724. The van der Waals surface area contributed by atoms with Gasteiger partial charge < -0.3 is 20.6 Å². The maximum atomic E-state index is 12.4. The van der Waals surface area contributed by atoms with Crippen LogP contribution >= 0.6 is 0 Å². The molecule has 0 aliphatic heterocycles. The number of hydrogen-bond donors (Lipinski definition) is 4. The second-order valence-electron chi connectivity index (χ2n) is 14.9. The van der Waals surface area contributed by atoms with Crippen LogP contribution in [0.25, 0.3) is 0 Å². The Balaban J connectivity index is 3.64. The summed E-state index contributed by atoms with van der Waals surface area (Å²) in [5.74, 6) is -0.519. The zero-order valence-corrected chi connectivity index (χ0v) is 32.8. The number of unbranched alkanes of at least 4 members (excludes halogenated alkanes) is 29. The highest BCUT2D eigenvalue weighted by Crippen LogP contribution is 2.16. The highest BCUT2D eigenvalue weighted by molar-refractivity contribution is 5.80. The largest absolute Gasteiger partial charge is 0.394 e. The van der Waals surface area contributed by atoms with Gasteiger partial charge in [0.15, 0.2) is 0 Å². The van der Waals surface area contributed by atoms with Crippen LogP contribution in [0.15, 0.2) is 24.3 Å². The molecule has 3 atom stereocenters. The Labute approximate surface area is 305 Å². The Kier molecular flexibility index (Phi) is 38.7. The van der Waals surface area contributed by atoms with E-state index in [1.54, 1.807) is 6.08 Å². The second-order valence-corrected chi connectivity index (χ2v) is 14.9. The van der Waals surface area contributed by atoms with E-state index >= 15 is 0 Å². The number of aliphatic hydroxyl groups is 3. The number of allylic oxidation sites excluding steroid dienone is 3. The first kappa shape index (κ1) is 47.8. The molecule has 5 heteroatoms. The average Bonchev–Trinajstić information content (AvgIpc) is 3.11. The lowest BCUT2D eigenvalue weighted by Gasteiger charge is -2.21. The Hall–Kier alpha value is -1.17. The molecule has 4 N–H and O–H groups in total. The summed E-state index contributed by atoms with van der Waals surface area (Å²) in [5.41, 5.74) is 0. The van der Waals surface area contributed by atoms with E-state index in [1.165, 1.54) is 167 Å². The zero-order chi connectivity index (χ0) is 35.9. The molecule has 0 saturated carbocycles. The molecule has 0 aromatic heterocycles. The first-order chi connectivity index (χ1) is 24.1. The van der Waals surface area contributed by atoms with Gasteiger partial charge in [0.25, 0.3) is 0 Å². The smallest absolute Gasteiger partial charge is 0.249 e. The van der Waals surface area contributed by atoms with Gasteiger partial charge in [-0.2, -0.15) is 0 Å². The lowest BCUT2D eigenvalue weighted by atomic mass is 10.0. The predicted molar refractivity (Wildman–Crippen MR) is 213 cm³/mol. The van der Waals surface area contributed by atoms with Crippen LogP contribution in [-0.4, -0.2) is 46.1 Å². The molecule has 0 bridgehead atoms. The number of carbonyl (C=O) groups excluding carboxylic acids is 1. The number of hydrogen-bond acceptors (Lipinski definition) is 4. The molecule has 0 aromatic rings. The monoisotopic (exact) mass is 692 g/mol. The zero-order valence-electron chi connectivity index (χ0n) is 32.8. The van der Waals surface area contributed by atoms with E-state index in [-0.39, 0.29) is 6.61 Å². The normalized spacial score (nSPS) is 13.8. The molecule has 0 fully saturated rings. The lowest BCUT2D eigenvalue weighted by Crippen LogP contribution is -2.48. The third-order valence-corrected chi connectivity index (χ3v) is 10.0. The van der Waals surface area contributed by atoms with E-state index in [0.29, 0.717) is 6.42 Å². The molecular weight excluding hydrogens is 606 g/mol. The van der Waals surface area contributed by atoms with Gasteiger partial charge in [0.2, 0.25) is 5.91 Å². The molecule has 0 rings (SSSR count). The minimum absolute atomic E-state index is 0.368. The van der Waals surface area contributed by atoms with Crippen LogP contribution in [0.4, 0.5) is 0 Å². The van der Waals surface area contributed by atoms with E-state index < -0.39 is 24.2 Å². The van der Waals surface area contributed by atoms with Crippen molar-refractivity contribution in [1.29, 1.82) is 0 Å². The summed E-state index contributed by atoms with van der Waals surface area (Å²) in [5, 5.41) is 33.0. The molecule has 0 aliphatic carbocycles. The summed E-state index contributed by atoms with van der Waals surface area (Å²) < 4.78 is 0. The van der Waals surface area contributed by atoms with Gasteiger partial charge in [-0.25, -0.2) is 0 Å². The highest BCUT2D eigenvalue weighted by atomic mass is 16.3. The summed E-state index contributed by atoms with van der Waals surface area (Å²) in [6, 6.07) is -0.803. The van der Waals surface area contributed by atoms with Gasteiger partial charge in [0.1, 0.15) is 6.10 Å². The van der Waals surface area contributed by atoms with Gasteiger partial charge in [-0.05, 0) is 44.9 Å². The van der Waals surface area contributed by atoms with Crippen molar-refractivity contribution in [2.45, 2.75) is 244 Å². The number of nitrogens with one attached hydrogen (secondary N) is 1. The van der Waals surface area contributed by atoms with Crippen molar-refractivity contribution in [3.63, 3.8) is 0 Å². The minimum Gasteiger partial charge on any atom is -0.394 e. The summed E-state index contributed by atoms with van der Waals surface area (Å²) >= 11 is 0. The molecule has 3 unspecified atom stereocenters. The van der Waals surface area contributed by atoms with Crippen LogP contribution < -0.4 is 5.32 Å². The number of amides is 1. The third kappa shape index (κ3) is 35.0. The van der Waals surface area contributed by atoms with Crippen molar-refractivity contribution in [3.8, 4) is 0 Å². The van der Waals surface area contributed by atoms with Crippen LogP contribution in [0.5, 0.6) is 0 Å². The minimum atomic E-state index is -1.11. The van der Waals surface area contributed by atoms with Crippen molar-refractivity contribution in [2.75, 3.05) is 6.61 Å². The maximum absolute atomic E-state index is 12.4. The summed E-state index contributed by atoms with van der Waals surface area (Å²) in [6.07, 6.45) is 47.9. The predicted octanol–water partition coefficient (Wildman–Crippen LogP) is 12.2. The Morgan fingerprint density at radius 2 is 0.816 bits per heavy atom. The number of carbonyl (C=O) groups is 1. The van der Waals surface area contributed by atoms with Gasteiger partial charge in [0.05, 0.1) is 18.8 Å². The number of aliphatic hydroxyl groups excluding tert-OH is 3. The van der Waals surface area contributed by atoms with Crippen molar-refractivity contribution in [3.05, 3.63) is 24.3 Å². The molecule has 0 heterocycles. The average molecular weight is 692 g/mol. The van der Waals surface area contributed by atoms with Gasteiger partial charge in [-0.1, -0.05) is 205 Å². The summed E-state index contributed by atoms with van der Waals surface area (Å²) in [6.45, 7) is 4.16. The Morgan fingerprint density at radius 1 is 0.490 bits per heavy atom. The molecular formula is C44H85NO4. The molecule has 0 aliphatic rings. The Morgan fingerprint density at radius 3 is 1.18 bits per heavy atom. The topological polar surface area (TPSA) is 89.8 Å². The molecule has 0 saturated heterocycles. The van der Waals surface area contributed by atoms with Crippen molar-refractivity contribution >= 4 is 5.91 Å². The molecule has 1 amide bonds. The molecule has 0 radical (unpaired) electrons. The fourth-order valence-electron chi connectivity index (χ4n) is 6.59. The molecule has 290 valence electrons. The van der Waals surface area contributed by atoms with Crippen LogP contribution in [-0.2, 0) is 4.79 Å². The van der Waals surface area contributed by atoms with Crippen molar-refractivity contribution in [2.24, 2.45) is 0 Å². The quantitative estimate of drug-likeness (QED) is 0.0381. The molecule has 5 nitrogen and oxygen atoms in total. The van der Waals surface area contributed by atoms with Crippen LogP contribution in [0.1, 0.15) is 226 Å². The van der Waals surface area contributed by atoms with E-state index in [1.807, 2.05) is 6.08 Å². The van der Waals surface area contributed by atoms with Crippen LogP contribution in [0, 0.1) is 0 Å². The maximum Gasteiger partial charge on any atom is 0.249 e. The fraction of sp³-hybridized carbons (Fsp3) is 0.886. The van der Waals surface area contributed by atoms with Gasteiger partial charge in [-0.15, -0.1) is 0 Å². The van der Waals surface area contributed by atoms with Gasteiger partial charge in [0, 0.05) is 0 Å².